The van der Waals surface area contributed by atoms with Crippen LogP contribution < -0.4 is 0 Å². The zero-order valence-corrected chi connectivity index (χ0v) is 12.8. The molecule has 3 rings (SSSR count). The molecule has 0 aromatic heterocycles. The van der Waals surface area contributed by atoms with Crippen molar-refractivity contribution < 1.29 is 9.53 Å². The summed E-state index contributed by atoms with van der Waals surface area (Å²) in [5.74, 6) is -0.0930. The van der Waals surface area contributed by atoms with Gasteiger partial charge in [0.25, 0.3) is 0 Å². The van der Waals surface area contributed by atoms with Gasteiger partial charge in [0.2, 0.25) is 0 Å². The van der Waals surface area contributed by atoms with Crippen LogP contribution in [0.4, 0.5) is 0 Å². The maximum absolute atomic E-state index is 11.7. The Balaban J connectivity index is 1.81. The van der Waals surface area contributed by atoms with Gasteiger partial charge in [0.1, 0.15) is 6.10 Å². The lowest BCUT2D eigenvalue weighted by Crippen LogP contribution is -2.28. The topological polar surface area (TPSA) is 26.3 Å². The third-order valence-corrected chi connectivity index (χ3v) is 5.00. The monoisotopic (exact) mass is 298 g/mol. The van der Waals surface area contributed by atoms with Gasteiger partial charge < -0.3 is 4.74 Å². The first kappa shape index (κ1) is 14.2. The third kappa shape index (κ3) is 3.48. The number of carbonyl (C=O) groups excluding carboxylic acids is 1. The molecule has 2 unspecified atom stereocenters. The van der Waals surface area contributed by atoms with E-state index in [1.54, 1.807) is 11.8 Å². The lowest BCUT2D eigenvalue weighted by Gasteiger charge is -2.31. The fourth-order valence-electron chi connectivity index (χ4n) is 2.53. The van der Waals surface area contributed by atoms with Gasteiger partial charge in [0.05, 0.1) is 5.25 Å². The average Bonchev–Trinajstić information content (AvgIpc) is 2.52. The number of hydrogen-bond donors (Lipinski definition) is 0. The molecule has 21 heavy (non-hydrogen) atoms. The van der Waals surface area contributed by atoms with E-state index in [1.807, 2.05) is 30.3 Å². The first-order chi connectivity index (χ1) is 10.2. The van der Waals surface area contributed by atoms with Crippen molar-refractivity contribution in [2.24, 2.45) is 0 Å². The molecule has 1 aliphatic heterocycles. The summed E-state index contributed by atoms with van der Waals surface area (Å²) in [5, 5.41) is 0.271. The highest BCUT2D eigenvalue weighted by atomic mass is 32.2. The molecule has 3 heteroatoms. The molecule has 108 valence electrons. The van der Waals surface area contributed by atoms with Crippen molar-refractivity contribution in [2.45, 2.75) is 36.0 Å². The minimum absolute atomic E-state index is 0.0930. The third-order valence-electron chi connectivity index (χ3n) is 3.67. The molecule has 0 N–H and O–H groups in total. The van der Waals surface area contributed by atoms with Crippen LogP contribution in [0.3, 0.4) is 0 Å². The maximum atomic E-state index is 11.7. The summed E-state index contributed by atoms with van der Waals surface area (Å²) in [6.45, 7) is 2.09. The summed E-state index contributed by atoms with van der Waals surface area (Å²) in [6.07, 6.45) is 1.21. The lowest BCUT2D eigenvalue weighted by molar-refractivity contribution is -0.153. The zero-order valence-electron chi connectivity index (χ0n) is 12.0. The van der Waals surface area contributed by atoms with Crippen LogP contribution in [-0.2, 0) is 9.53 Å². The maximum Gasteiger partial charge on any atom is 0.306 e. The zero-order chi connectivity index (χ0) is 14.7. The molecule has 0 saturated carbocycles. The van der Waals surface area contributed by atoms with Crippen molar-refractivity contribution in [1.82, 2.24) is 0 Å². The highest BCUT2D eigenvalue weighted by Gasteiger charge is 2.32. The molecule has 0 aliphatic carbocycles. The van der Waals surface area contributed by atoms with Crippen molar-refractivity contribution >= 4 is 17.7 Å². The molecule has 2 aromatic carbocycles. The number of benzene rings is 2. The Labute approximate surface area is 129 Å². The number of aryl methyl sites for hydroxylation is 1. The highest BCUT2D eigenvalue weighted by molar-refractivity contribution is 8.00. The number of thioether (sulfide) groups is 1. The van der Waals surface area contributed by atoms with Crippen molar-refractivity contribution in [3.05, 3.63) is 65.7 Å². The van der Waals surface area contributed by atoms with Gasteiger partial charge in [-0.1, -0.05) is 48.0 Å². The number of esters is 1. The number of cyclic esters (lactones) is 1. The van der Waals surface area contributed by atoms with E-state index in [9.17, 15) is 4.79 Å². The van der Waals surface area contributed by atoms with Gasteiger partial charge in [-0.15, -0.1) is 11.8 Å². The molecular weight excluding hydrogens is 280 g/mol. The molecule has 1 fully saturated rings. The second-order valence-corrected chi connectivity index (χ2v) is 6.64. The van der Waals surface area contributed by atoms with Gasteiger partial charge in [0.15, 0.2) is 0 Å². The summed E-state index contributed by atoms with van der Waals surface area (Å²) in [7, 11) is 0. The Kier molecular flexibility index (Phi) is 4.30. The lowest BCUT2D eigenvalue weighted by atomic mass is 10.0. The number of ether oxygens (including phenoxy) is 1. The first-order valence-corrected chi connectivity index (χ1v) is 8.08. The number of carbonyl (C=O) groups is 1. The average molecular weight is 298 g/mol. The minimum Gasteiger partial charge on any atom is -0.456 e. The molecule has 0 spiro atoms. The second-order valence-electron chi connectivity index (χ2n) is 5.33. The Hall–Kier alpha value is -1.74. The second kappa shape index (κ2) is 6.35. The van der Waals surface area contributed by atoms with E-state index in [2.05, 4.69) is 31.2 Å². The van der Waals surface area contributed by atoms with Crippen LogP contribution in [0, 0.1) is 6.92 Å². The van der Waals surface area contributed by atoms with Crippen LogP contribution in [0.25, 0.3) is 0 Å². The molecule has 1 aliphatic rings. The summed E-state index contributed by atoms with van der Waals surface area (Å²) >= 11 is 1.80. The van der Waals surface area contributed by atoms with E-state index >= 15 is 0 Å². The van der Waals surface area contributed by atoms with Gasteiger partial charge in [0, 0.05) is 11.3 Å². The molecule has 2 nitrogen and oxygen atoms in total. The van der Waals surface area contributed by atoms with Gasteiger partial charge in [-0.2, -0.15) is 0 Å². The standard InChI is InChI=1S/C18H18O2S/c1-13-7-9-15(10-8-13)21-16-11-12-17(19)20-18(16)14-5-3-2-4-6-14/h2-10,16,18H,11-12H2,1H3. The van der Waals surface area contributed by atoms with E-state index in [0.717, 1.165) is 12.0 Å². The van der Waals surface area contributed by atoms with Gasteiger partial charge >= 0.3 is 5.97 Å². The van der Waals surface area contributed by atoms with Crippen molar-refractivity contribution in [3.63, 3.8) is 0 Å². The van der Waals surface area contributed by atoms with Crippen LogP contribution in [0.15, 0.2) is 59.5 Å². The first-order valence-electron chi connectivity index (χ1n) is 7.20. The summed E-state index contributed by atoms with van der Waals surface area (Å²) < 4.78 is 5.62. The fourth-order valence-corrected chi connectivity index (χ4v) is 3.74. The normalized spacial score (nSPS) is 21.9. The molecule has 0 amide bonds. The van der Waals surface area contributed by atoms with Crippen molar-refractivity contribution in [2.75, 3.05) is 0 Å². The van der Waals surface area contributed by atoms with E-state index in [-0.39, 0.29) is 17.3 Å². The minimum atomic E-state index is -0.154. The molecule has 0 bridgehead atoms. The van der Waals surface area contributed by atoms with Crippen molar-refractivity contribution in [3.8, 4) is 0 Å². The molecular formula is C18H18O2S. The van der Waals surface area contributed by atoms with Crippen LogP contribution in [0.1, 0.15) is 30.1 Å². The summed E-state index contributed by atoms with van der Waals surface area (Å²) in [4.78, 5) is 12.9. The van der Waals surface area contributed by atoms with Gasteiger partial charge in [-0.05, 0) is 31.0 Å². The quantitative estimate of drug-likeness (QED) is 0.779. The molecule has 1 saturated heterocycles. The van der Waals surface area contributed by atoms with Crippen LogP contribution >= 0.6 is 11.8 Å². The van der Waals surface area contributed by atoms with E-state index in [0.29, 0.717) is 6.42 Å². The molecule has 2 atom stereocenters. The van der Waals surface area contributed by atoms with Gasteiger partial charge in [-0.25, -0.2) is 0 Å². The molecule has 2 aromatic rings. The number of hydrogen-bond acceptors (Lipinski definition) is 3. The van der Waals surface area contributed by atoms with Crippen LogP contribution in [-0.4, -0.2) is 11.2 Å². The van der Waals surface area contributed by atoms with Crippen LogP contribution in [0.5, 0.6) is 0 Å². The Bertz CT molecular complexity index is 607. The largest absolute Gasteiger partial charge is 0.456 e. The van der Waals surface area contributed by atoms with Crippen molar-refractivity contribution in [1.29, 1.82) is 0 Å². The Morgan fingerprint density at radius 2 is 1.76 bits per heavy atom. The number of rotatable bonds is 3. The summed E-state index contributed by atoms with van der Waals surface area (Å²) in [6, 6.07) is 18.5. The predicted molar refractivity (Wildman–Crippen MR) is 85.3 cm³/mol. The smallest absolute Gasteiger partial charge is 0.306 e. The molecule has 0 radical (unpaired) electrons. The summed E-state index contributed by atoms with van der Waals surface area (Å²) in [5.41, 5.74) is 2.34. The highest BCUT2D eigenvalue weighted by Crippen LogP contribution is 2.40. The van der Waals surface area contributed by atoms with Crippen LogP contribution in [0.2, 0.25) is 0 Å². The SMILES string of the molecule is Cc1ccc(SC2CCC(=O)OC2c2ccccc2)cc1. The molecule has 1 heterocycles. The van der Waals surface area contributed by atoms with E-state index in [4.69, 9.17) is 4.74 Å². The van der Waals surface area contributed by atoms with E-state index < -0.39 is 0 Å². The Morgan fingerprint density at radius 3 is 2.48 bits per heavy atom. The predicted octanol–water partition coefficient (Wildman–Crippen LogP) is 4.53. The fraction of sp³-hybridized carbons (Fsp3) is 0.278. The van der Waals surface area contributed by atoms with Gasteiger partial charge in [-0.3, -0.25) is 4.79 Å². The Morgan fingerprint density at radius 1 is 1.05 bits per heavy atom. The van der Waals surface area contributed by atoms with E-state index in [1.165, 1.54) is 10.5 Å².